The van der Waals surface area contributed by atoms with Crippen molar-refractivity contribution in [2.24, 2.45) is 45.3 Å². The molecule has 6 rings (SSSR count). The van der Waals surface area contributed by atoms with Crippen molar-refractivity contribution >= 4 is 0 Å². The van der Waals surface area contributed by atoms with Gasteiger partial charge in [-0.2, -0.15) is 0 Å². The number of aliphatic hydroxyl groups is 9. The molecule has 2 saturated heterocycles. The van der Waals surface area contributed by atoms with Crippen LogP contribution in [0.2, 0.25) is 0 Å². The van der Waals surface area contributed by atoms with Crippen LogP contribution in [0, 0.1) is 45.3 Å². The normalized spacial score (nSPS) is 51.4. The largest absolute Gasteiger partial charge is 0.396 e. The molecule has 2 aliphatic heterocycles. The zero-order chi connectivity index (χ0) is 39.8. The number of hydrogen-bond donors (Lipinski definition) is 9. The summed E-state index contributed by atoms with van der Waals surface area (Å²) in [5.74, 6) is -0.147. The molecule has 0 radical (unpaired) electrons. The molecule has 4 aliphatic carbocycles. The fourth-order valence-corrected chi connectivity index (χ4v) is 12.9. The molecular formula is C41H70O13. The molecule has 54 heavy (non-hydrogen) atoms. The first kappa shape index (κ1) is 42.8. The fourth-order valence-electron chi connectivity index (χ4n) is 12.9. The number of aliphatic hydroxyl groups excluding tert-OH is 9. The lowest BCUT2D eigenvalue weighted by atomic mass is 9.34. The van der Waals surface area contributed by atoms with E-state index in [0.717, 1.165) is 37.7 Å². The van der Waals surface area contributed by atoms with Crippen LogP contribution < -0.4 is 0 Å². The Kier molecular flexibility index (Phi) is 12.2. The molecule has 6 aliphatic rings. The first-order chi connectivity index (χ1) is 25.2. The van der Waals surface area contributed by atoms with Gasteiger partial charge in [0.15, 0.2) is 12.6 Å². The monoisotopic (exact) mass is 770 g/mol. The number of allylic oxidation sites excluding steroid dienone is 2. The molecular weight excluding hydrogens is 700 g/mol. The van der Waals surface area contributed by atoms with Gasteiger partial charge >= 0.3 is 0 Å². The lowest BCUT2D eigenvalue weighted by Gasteiger charge is -2.71. The second kappa shape index (κ2) is 15.4. The molecule has 13 nitrogen and oxygen atoms in total. The van der Waals surface area contributed by atoms with Gasteiger partial charge in [-0.15, -0.1) is 0 Å². The number of ether oxygens (including phenoxy) is 4. The predicted molar refractivity (Wildman–Crippen MR) is 196 cm³/mol. The summed E-state index contributed by atoms with van der Waals surface area (Å²) in [6.07, 6.45) is -5.59. The lowest BCUT2D eigenvalue weighted by molar-refractivity contribution is -0.345. The summed E-state index contributed by atoms with van der Waals surface area (Å²) < 4.78 is 24.0. The highest BCUT2D eigenvalue weighted by molar-refractivity contribution is 5.21. The van der Waals surface area contributed by atoms with E-state index in [1.807, 2.05) is 20.8 Å². The van der Waals surface area contributed by atoms with Crippen LogP contribution >= 0.6 is 0 Å². The highest BCUT2D eigenvalue weighted by atomic mass is 16.7. The maximum absolute atomic E-state index is 12.4. The van der Waals surface area contributed by atoms with Crippen LogP contribution in [0.15, 0.2) is 11.6 Å². The van der Waals surface area contributed by atoms with E-state index in [1.165, 1.54) is 0 Å². The van der Waals surface area contributed by atoms with E-state index >= 15 is 0 Å². The molecule has 0 amide bonds. The van der Waals surface area contributed by atoms with E-state index in [1.54, 1.807) is 0 Å². The van der Waals surface area contributed by atoms with Gasteiger partial charge < -0.3 is 64.9 Å². The molecule has 0 bridgehead atoms. The molecule has 0 aromatic carbocycles. The van der Waals surface area contributed by atoms with Crippen LogP contribution in [0.3, 0.4) is 0 Å². The van der Waals surface area contributed by atoms with E-state index in [9.17, 15) is 46.0 Å². The Labute approximate surface area is 320 Å². The summed E-state index contributed by atoms with van der Waals surface area (Å²) in [5.41, 5.74) is -1.09. The van der Waals surface area contributed by atoms with E-state index in [2.05, 4.69) is 33.8 Å². The second-order valence-electron chi connectivity index (χ2n) is 19.6. The highest BCUT2D eigenvalue weighted by Gasteiger charge is 2.72. The number of rotatable bonds is 10. The molecule has 6 fully saturated rings. The van der Waals surface area contributed by atoms with Gasteiger partial charge in [-0.25, -0.2) is 0 Å². The van der Waals surface area contributed by atoms with Gasteiger partial charge in [-0.1, -0.05) is 39.3 Å². The average molecular weight is 771 g/mol. The van der Waals surface area contributed by atoms with Crippen molar-refractivity contribution in [3.05, 3.63) is 11.6 Å². The molecule has 2 heterocycles. The smallest absolute Gasteiger partial charge is 0.187 e. The van der Waals surface area contributed by atoms with Crippen molar-refractivity contribution in [3.8, 4) is 0 Å². The van der Waals surface area contributed by atoms with Crippen LogP contribution in [0.5, 0.6) is 0 Å². The summed E-state index contributed by atoms with van der Waals surface area (Å²) in [6.45, 7) is 14.4. The van der Waals surface area contributed by atoms with Crippen LogP contribution in [-0.4, -0.2) is 139 Å². The first-order valence-corrected chi connectivity index (χ1v) is 20.4. The van der Waals surface area contributed by atoms with Gasteiger partial charge in [0, 0.05) is 12.0 Å². The molecule has 4 saturated carbocycles. The predicted octanol–water partition coefficient (Wildman–Crippen LogP) is 1.76. The minimum Gasteiger partial charge on any atom is -0.396 e. The standard InChI is InChI=1S/C41H70O13/c1-21(2)9-8-13-40(7,54-36-34(50)32(48)31(47)25(53-36)19-52-35-33(49)30(46)24(44)18-51-35)22-10-14-39(6)29(22)23(43)17-27-38(39,5)15-11-26-37(3,4)28(45)12-16-41(26,27)20-42/h9,22-36,42-50H,8,10-20H2,1-7H3/t22?,23?,24-,25-,26?,27?,28?,29?,30+,31-,32+,33-,34-,35-,36+,38?,39?,40?,41?/m1/s1. The third-order valence-corrected chi connectivity index (χ3v) is 16.3. The second-order valence-corrected chi connectivity index (χ2v) is 19.6. The van der Waals surface area contributed by atoms with Crippen molar-refractivity contribution in [2.75, 3.05) is 19.8 Å². The third kappa shape index (κ3) is 6.86. The molecule has 312 valence electrons. The molecule has 0 aromatic rings. The summed E-state index contributed by atoms with van der Waals surface area (Å²) in [5, 5.41) is 98.3. The Hall–Kier alpha value is -0.780. The van der Waals surface area contributed by atoms with Gasteiger partial charge in [0.2, 0.25) is 0 Å². The van der Waals surface area contributed by atoms with E-state index in [0.29, 0.717) is 25.7 Å². The number of fused-ring (bicyclic) bond motifs is 5. The molecule has 19 atom stereocenters. The van der Waals surface area contributed by atoms with Crippen molar-refractivity contribution < 1.29 is 64.9 Å². The summed E-state index contributed by atoms with van der Waals surface area (Å²) in [4.78, 5) is 0. The van der Waals surface area contributed by atoms with E-state index in [4.69, 9.17) is 18.9 Å². The quantitative estimate of drug-likeness (QED) is 0.145. The minimum absolute atomic E-state index is 0.0266. The Morgan fingerprint density at radius 3 is 2.11 bits per heavy atom. The maximum Gasteiger partial charge on any atom is 0.187 e. The Morgan fingerprint density at radius 2 is 1.44 bits per heavy atom. The molecule has 13 heteroatoms. The first-order valence-electron chi connectivity index (χ1n) is 20.4. The SMILES string of the molecule is CC(C)=CCCC(C)(O[C@@H]1O[C@H](CO[C@H]2OC[C@@H](O)[C@H](O)[C@H]2O)[C@@H](O)[C@H](O)[C@H]1O)C1CCC2(C)C1C(O)CC1C3(CO)CCC(O)C(C)(C)C3CCC12C. The Bertz CT molecular complexity index is 1340. The van der Waals surface area contributed by atoms with Gasteiger partial charge in [0.1, 0.15) is 42.7 Å². The van der Waals surface area contributed by atoms with Crippen molar-refractivity contribution in [1.29, 1.82) is 0 Å². The van der Waals surface area contributed by atoms with E-state index < -0.39 is 78.5 Å². The Morgan fingerprint density at radius 1 is 0.778 bits per heavy atom. The summed E-state index contributed by atoms with van der Waals surface area (Å²) in [6, 6.07) is 0. The Balaban J connectivity index is 1.27. The molecule has 10 unspecified atom stereocenters. The minimum atomic E-state index is -1.65. The molecule has 0 spiro atoms. The van der Waals surface area contributed by atoms with Gasteiger partial charge in [0.25, 0.3) is 0 Å². The lowest BCUT2D eigenvalue weighted by Crippen LogP contribution is -2.68. The van der Waals surface area contributed by atoms with Crippen LogP contribution in [-0.2, 0) is 18.9 Å². The summed E-state index contributed by atoms with van der Waals surface area (Å²) in [7, 11) is 0. The van der Waals surface area contributed by atoms with Gasteiger partial charge in [0.05, 0.1) is 31.0 Å². The fraction of sp³-hybridized carbons (Fsp3) is 0.951. The van der Waals surface area contributed by atoms with E-state index in [-0.39, 0.29) is 59.7 Å². The van der Waals surface area contributed by atoms with Crippen LogP contribution in [0.1, 0.15) is 106 Å². The molecule has 0 aromatic heterocycles. The van der Waals surface area contributed by atoms with Crippen LogP contribution in [0.25, 0.3) is 0 Å². The van der Waals surface area contributed by atoms with Gasteiger partial charge in [-0.3, -0.25) is 0 Å². The summed E-state index contributed by atoms with van der Waals surface area (Å²) >= 11 is 0. The highest BCUT2D eigenvalue weighted by Crippen LogP contribution is 2.76. The van der Waals surface area contributed by atoms with Crippen molar-refractivity contribution in [2.45, 2.75) is 179 Å². The van der Waals surface area contributed by atoms with Crippen molar-refractivity contribution in [3.63, 3.8) is 0 Å². The van der Waals surface area contributed by atoms with Gasteiger partial charge in [-0.05, 0) is 118 Å². The van der Waals surface area contributed by atoms with Crippen LogP contribution in [0.4, 0.5) is 0 Å². The zero-order valence-electron chi connectivity index (χ0n) is 33.4. The number of hydrogen-bond acceptors (Lipinski definition) is 13. The third-order valence-electron chi connectivity index (χ3n) is 16.3. The topological polar surface area (TPSA) is 219 Å². The maximum atomic E-state index is 12.4. The molecule has 9 N–H and O–H groups in total. The van der Waals surface area contributed by atoms with Crippen molar-refractivity contribution in [1.82, 2.24) is 0 Å². The zero-order valence-corrected chi connectivity index (χ0v) is 33.4. The average Bonchev–Trinajstić information content (AvgIpc) is 3.50.